The van der Waals surface area contributed by atoms with Crippen molar-refractivity contribution >= 4 is 39.4 Å². The molecule has 12 nitrogen and oxygen atoms in total. The van der Waals surface area contributed by atoms with Gasteiger partial charge in [0.1, 0.15) is 17.5 Å². The Morgan fingerprint density at radius 2 is 1.69 bits per heavy atom. The summed E-state index contributed by atoms with van der Waals surface area (Å²) in [6.45, 7) is 6.92. The molecule has 5 heterocycles. The van der Waals surface area contributed by atoms with Gasteiger partial charge in [-0.2, -0.15) is 8.42 Å². The fraction of sp³-hybridized carbons (Fsp3) is 0.657. The fourth-order valence-corrected chi connectivity index (χ4v) is 11.2. The van der Waals surface area contributed by atoms with Crippen LogP contribution in [0.25, 0.3) is 0 Å². The van der Waals surface area contributed by atoms with Crippen LogP contribution >= 0.6 is 0 Å². The summed E-state index contributed by atoms with van der Waals surface area (Å²) >= 11 is 0. The number of carbonyl (C=O) groups is 2. The largest absolute Gasteiger partial charge is 0.370 e. The molecule has 13 heteroatoms. The lowest BCUT2D eigenvalue weighted by Gasteiger charge is -2.57. The monoisotopic (exact) mass is 677 g/mol. The van der Waals surface area contributed by atoms with E-state index in [1.165, 1.54) is 49.7 Å². The van der Waals surface area contributed by atoms with Crippen molar-refractivity contribution in [3.05, 3.63) is 35.9 Å². The number of hydrogen-bond acceptors (Lipinski definition) is 9. The van der Waals surface area contributed by atoms with Crippen LogP contribution in [0.3, 0.4) is 0 Å². The second-order valence-corrected chi connectivity index (χ2v) is 17.6. The van der Waals surface area contributed by atoms with Crippen molar-refractivity contribution in [1.29, 1.82) is 0 Å². The summed E-state index contributed by atoms with van der Waals surface area (Å²) in [6, 6.07) is 7.63. The van der Waals surface area contributed by atoms with Crippen LogP contribution in [-0.4, -0.2) is 73.7 Å². The number of sulfonamides is 1. The first kappa shape index (κ1) is 31.8. The molecule has 2 saturated heterocycles. The number of fused-ring (bicyclic) bond motifs is 6. The van der Waals surface area contributed by atoms with Crippen molar-refractivity contribution in [2.24, 2.45) is 29.1 Å². The number of hydroxylamine groups is 2. The lowest BCUT2D eigenvalue weighted by molar-refractivity contribution is -0.131. The Labute approximate surface area is 283 Å². The van der Waals surface area contributed by atoms with Gasteiger partial charge in [0.15, 0.2) is 5.03 Å². The van der Waals surface area contributed by atoms with Gasteiger partial charge in [-0.15, -0.1) is 0 Å². The maximum Gasteiger partial charge on any atom is 0.349 e. The van der Waals surface area contributed by atoms with E-state index in [0.29, 0.717) is 61.6 Å². The molecule has 2 N–H and O–H groups in total. The van der Waals surface area contributed by atoms with E-state index in [4.69, 9.17) is 9.82 Å². The van der Waals surface area contributed by atoms with E-state index in [1.54, 1.807) is 29.2 Å². The first-order valence-corrected chi connectivity index (χ1v) is 19.2. The van der Waals surface area contributed by atoms with E-state index in [-0.39, 0.29) is 22.2 Å². The minimum Gasteiger partial charge on any atom is -0.370 e. The predicted octanol–water partition coefficient (Wildman–Crippen LogP) is 5.19. The van der Waals surface area contributed by atoms with Crippen LogP contribution in [-0.2, 0) is 14.9 Å². The molecular formula is C35H47N7O5S. The van der Waals surface area contributed by atoms with Crippen LogP contribution in [0.4, 0.5) is 22.2 Å². The second-order valence-electron chi connectivity index (χ2n) is 15.9. The maximum atomic E-state index is 13.7. The molecule has 258 valence electrons. The minimum atomic E-state index is -4.26. The van der Waals surface area contributed by atoms with Gasteiger partial charge in [0.05, 0.1) is 18.7 Å². The Hall–Kier alpha value is -3.45. The topological polar surface area (TPSA) is 137 Å². The number of nitrogens with zero attached hydrogens (tertiary/aromatic N) is 5. The molecular weight excluding hydrogens is 630 g/mol. The third kappa shape index (κ3) is 5.90. The second kappa shape index (κ2) is 11.9. The van der Waals surface area contributed by atoms with Gasteiger partial charge in [-0.1, -0.05) is 6.07 Å². The Balaban J connectivity index is 1.03. The van der Waals surface area contributed by atoms with Crippen LogP contribution in [0, 0.1) is 29.1 Å². The van der Waals surface area contributed by atoms with Crippen molar-refractivity contribution in [2.75, 3.05) is 47.9 Å². The SMILES string of the molecule is CC1(C)C[C@@H]2CCCNc3cccc(n3)S(=O)(=O)NC(=O)c3ccc(N4CCN(OCCC56CC7CC(CC(C7)C5)C6)C4=O)nc3N1C2. The van der Waals surface area contributed by atoms with Crippen LogP contribution < -0.4 is 19.8 Å². The van der Waals surface area contributed by atoms with Gasteiger partial charge < -0.3 is 10.2 Å². The summed E-state index contributed by atoms with van der Waals surface area (Å²) in [4.78, 5) is 46.4. The third-order valence-electron chi connectivity index (χ3n) is 11.9. The summed E-state index contributed by atoms with van der Waals surface area (Å²) in [7, 11) is -4.26. The van der Waals surface area contributed by atoms with Crippen LogP contribution in [0.1, 0.15) is 88.4 Å². The number of anilines is 3. The quantitative estimate of drug-likeness (QED) is 0.438. The molecule has 0 aromatic carbocycles. The van der Waals surface area contributed by atoms with Crippen molar-refractivity contribution in [1.82, 2.24) is 19.8 Å². The highest BCUT2D eigenvalue weighted by Crippen LogP contribution is 2.61. The molecule has 1 atom stereocenters. The first-order chi connectivity index (χ1) is 23.0. The van der Waals surface area contributed by atoms with Crippen molar-refractivity contribution < 1.29 is 22.8 Å². The zero-order chi connectivity index (χ0) is 33.3. The highest BCUT2D eigenvalue weighted by Gasteiger charge is 2.50. The molecule has 2 aromatic heterocycles. The molecule has 6 fully saturated rings. The lowest BCUT2D eigenvalue weighted by atomic mass is 9.49. The van der Waals surface area contributed by atoms with E-state index in [0.717, 1.165) is 43.4 Å². The molecule has 0 unspecified atom stereocenters. The van der Waals surface area contributed by atoms with E-state index in [2.05, 4.69) is 33.8 Å². The number of urea groups is 1. The predicted molar refractivity (Wildman–Crippen MR) is 181 cm³/mol. The van der Waals surface area contributed by atoms with Crippen molar-refractivity contribution in [3.63, 3.8) is 0 Å². The molecule has 8 bridgehead atoms. The van der Waals surface area contributed by atoms with E-state index in [1.807, 2.05) is 0 Å². The summed E-state index contributed by atoms with van der Waals surface area (Å²) < 4.78 is 28.8. The average Bonchev–Trinajstić information content (AvgIpc) is 3.55. The molecule has 4 saturated carbocycles. The molecule has 2 aromatic rings. The van der Waals surface area contributed by atoms with Gasteiger partial charge in [-0.25, -0.2) is 24.5 Å². The molecule has 3 aliphatic heterocycles. The molecule has 0 spiro atoms. The number of aromatic nitrogens is 2. The van der Waals surface area contributed by atoms with Crippen LogP contribution in [0.2, 0.25) is 0 Å². The first-order valence-electron chi connectivity index (χ1n) is 17.8. The number of carbonyl (C=O) groups excluding carboxylic acids is 2. The van der Waals surface area contributed by atoms with Crippen LogP contribution in [0.5, 0.6) is 0 Å². The van der Waals surface area contributed by atoms with Gasteiger partial charge in [0.25, 0.3) is 15.9 Å². The molecule has 48 heavy (non-hydrogen) atoms. The molecule has 9 rings (SSSR count). The van der Waals surface area contributed by atoms with Gasteiger partial charge in [-0.3, -0.25) is 14.5 Å². The lowest BCUT2D eigenvalue weighted by Crippen LogP contribution is -2.46. The summed E-state index contributed by atoms with van der Waals surface area (Å²) in [6.07, 6.45) is 11.9. The number of nitrogens with one attached hydrogen (secondary N) is 2. The highest BCUT2D eigenvalue weighted by atomic mass is 32.2. The standard InChI is InChI=1S/C35H47N7O5S/c1-34(2)18-23-5-4-11-36-28-6-3-7-30(37-28)48(45,46)39-32(43)27-8-9-29(38-31(27)41(34)22-23)40-12-13-42(33(40)44)47-14-10-35-19-24-15-25(20-35)17-26(16-24)21-35/h3,6-9,23-26H,4-5,10-22H2,1-2H3,(H,36,37)(H,39,43)/t23-,24?,25?,26?,35?/m0/s1. The molecule has 4 aliphatic carbocycles. The molecule has 0 radical (unpaired) electrons. The molecule has 3 amide bonds. The summed E-state index contributed by atoms with van der Waals surface area (Å²) in [5.74, 6) is 3.42. The van der Waals surface area contributed by atoms with E-state index < -0.39 is 15.9 Å². The Kier molecular flexibility index (Phi) is 7.85. The average molecular weight is 678 g/mol. The third-order valence-corrected chi connectivity index (χ3v) is 13.2. The smallest absolute Gasteiger partial charge is 0.349 e. The van der Waals surface area contributed by atoms with Gasteiger partial charge >= 0.3 is 6.03 Å². The normalized spacial score (nSPS) is 32.0. The number of pyridine rings is 2. The zero-order valence-corrected chi connectivity index (χ0v) is 28.8. The van der Waals surface area contributed by atoms with Crippen molar-refractivity contribution in [3.8, 4) is 0 Å². The van der Waals surface area contributed by atoms with Crippen LogP contribution in [0.15, 0.2) is 35.4 Å². The number of amides is 3. The minimum absolute atomic E-state index is 0.135. The maximum absolute atomic E-state index is 13.7. The van der Waals surface area contributed by atoms with Gasteiger partial charge in [0, 0.05) is 25.2 Å². The van der Waals surface area contributed by atoms with E-state index >= 15 is 0 Å². The highest BCUT2D eigenvalue weighted by molar-refractivity contribution is 7.90. The summed E-state index contributed by atoms with van der Waals surface area (Å²) in [5.41, 5.74) is 0.170. The van der Waals surface area contributed by atoms with Crippen molar-refractivity contribution in [2.45, 2.75) is 88.6 Å². The number of hydrogen-bond donors (Lipinski definition) is 2. The van der Waals surface area contributed by atoms with Gasteiger partial charge in [-0.05, 0) is 131 Å². The Bertz CT molecular complexity index is 1680. The fourth-order valence-electron chi connectivity index (χ4n) is 10.2. The Morgan fingerprint density at radius 1 is 0.938 bits per heavy atom. The summed E-state index contributed by atoms with van der Waals surface area (Å²) in [5, 5.41) is 4.44. The number of rotatable bonds is 5. The Morgan fingerprint density at radius 3 is 2.44 bits per heavy atom. The van der Waals surface area contributed by atoms with E-state index in [9.17, 15) is 18.0 Å². The van der Waals surface area contributed by atoms with Gasteiger partial charge in [0.2, 0.25) is 0 Å². The molecule has 7 aliphatic rings. The zero-order valence-electron chi connectivity index (χ0n) is 28.0.